The average Bonchev–Trinajstić information content (AvgIpc) is 2.43. The summed E-state index contributed by atoms with van der Waals surface area (Å²) in [6.07, 6.45) is -2.47. The number of nitrogens with zero attached hydrogens (tertiary/aromatic N) is 1. The van der Waals surface area contributed by atoms with Crippen molar-refractivity contribution in [3.05, 3.63) is 12.7 Å². The first kappa shape index (κ1) is 16.4. The van der Waals surface area contributed by atoms with Crippen LogP contribution in [0, 0.1) is 0 Å². The maximum atomic E-state index is 9.80. The number of hydrogen-bond donors (Lipinski definition) is 5. The van der Waals surface area contributed by atoms with Gasteiger partial charge in [0.2, 0.25) is 0 Å². The minimum atomic E-state index is -1.43. The second-order valence-corrected chi connectivity index (χ2v) is 5.31. The Kier molecular flexibility index (Phi) is 6.76. The van der Waals surface area contributed by atoms with Gasteiger partial charge in [0.1, 0.15) is 34.9 Å². The van der Waals surface area contributed by atoms with Crippen LogP contribution < -0.4 is 0 Å². The lowest BCUT2D eigenvalue weighted by Gasteiger charge is -2.39. The van der Waals surface area contributed by atoms with Gasteiger partial charge in [-0.3, -0.25) is 0 Å². The van der Waals surface area contributed by atoms with Gasteiger partial charge in [-0.05, 0) is 6.42 Å². The Hall–Kier alpha value is -0.640. The van der Waals surface area contributed by atoms with Gasteiger partial charge in [-0.1, -0.05) is 23.0 Å². The van der Waals surface area contributed by atoms with Gasteiger partial charge < -0.3 is 30.4 Å². The highest BCUT2D eigenvalue weighted by atomic mass is 32.2. The largest absolute Gasteiger partial charge is 0.410 e. The van der Waals surface area contributed by atoms with Gasteiger partial charge in [0.05, 0.1) is 6.61 Å². The maximum Gasteiger partial charge on any atom is 0.138 e. The van der Waals surface area contributed by atoms with E-state index in [0.29, 0.717) is 17.9 Å². The number of rotatable bonds is 5. The number of aliphatic hydroxyl groups is 4. The summed E-state index contributed by atoms with van der Waals surface area (Å²) in [7, 11) is 0. The molecule has 0 unspecified atom stereocenters. The molecule has 5 N–H and O–H groups in total. The molecule has 1 saturated heterocycles. The highest BCUT2D eigenvalue weighted by Crippen LogP contribution is 2.30. The monoisotopic (exact) mass is 293 g/mol. The fraction of sp³-hybridized carbons (Fsp3) is 0.727. The minimum Gasteiger partial charge on any atom is -0.410 e. The van der Waals surface area contributed by atoms with Gasteiger partial charge in [0.15, 0.2) is 0 Å². The van der Waals surface area contributed by atoms with E-state index < -0.39 is 36.5 Å². The van der Waals surface area contributed by atoms with Gasteiger partial charge in [0.25, 0.3) is 0 Å². The van der Waals surface area contributed by atoms with Crippen molar-refractivity contribution >= 4 is 16.8 Å². The summed E-state index contributed by atoms with van der Waals surface area (Å²) in [6, 6.07) is 0. The summed E-state index contributed by atoms with van der Waals surface area (Å²) in [4.78, 5) is 0. The van der Waals surface area contributed by atoms with Crippen molar-refractivity contribution in [3.63, 3.8) is 0 Å². The fourth-order valence-electron chi connectivity index (χ4n) is 1.66. The van der Waals surface area contributed by atoms with Crippen molar-refractivity contribution in [1.82, 2.24) is 0 Å². The molecule has 19 heavy (non-hydrogen) atoms. The van der Waals surface area contributed by atoms with Crippen LogP contribution in [0.3, 0.4) is 0 Å². The molecule has 1 rings (SSSR count). The van der Waals surface area contributed by atoms with E-state index in [0.717, 1.165) is 11.8 Å². The Morgan fingerprint density at radius 2 is 1.95 bits per heavy atom. The van der Waals surface area contributed by atoms with Crippen LogP contribution >= 0.6 is 11.8 Å². The molecule has 0 radical (unpaired) electrons. The van der Waals surface area contributed by atoms with E-state index in [1.54, 1.807) is 6.08 Å². The third kappa shape index (κ3) is 4.16. The van der Waals surface area contributed by atoms with Crippen molar-refractivity contribution in [1.29, 1.82) is 0 Å². The first-order valence-electron chi connectivity index (χ1n) is 5.84. The third-order valence-electron chi connectivity index (χ3n) is 2.77. The first-order valence-corrected chi connectivity index (χ1v) is 6.72. The number of hydrogen-bond acceptors (Lipinski definition) is 8. The molecule has 1 aliphatic heterocycles. The smallest absolute Gasteiger partial charge is 0.138 e. The van der Waals surface area contributed by atoms with Crippen LogP contribution in [-0.2, 0) is 4.74 Å². The minimum absolute atomic E-state index is 0.309. The second-order valence-electron chi connectivity index (χ2n) is 4.14. The van der Waals surface area contributed by atoms with Crippen molar-refractivity contribution in [3.8, 4) is 0 Å². The van der Waals surface area contributed by atoms with Crippen LogP contribution in [0.2, 0.25) is 0 Å². The average molecular weight is 293 g/mol. The number of ether oxygens (including phenoxy) is 1. The van der Waals surface area contributed by atoms with Crippen molar-refractivity contribution in [2.45, 2.75) is 42.7 Å². The zero-order chi connectivity index (χ0) is 14.4. The standard InChI is InChI=1S/C11H19NO6S/c1-2-3-4-7(12-17)19-11-10(16)9(15)8(14)6(5-13)18-11/h2,6,8-11,13-17H,1,3-5H2/t6-,8-,9+,10-,11+/m0/s1. The van der Waals surface area contributed by atoms with Crippen LogP contribution in [0.5, 0.6) is 0 Å². The van der Waals surface area contributed by atoms with Gasteiger partial charge in [-0.2, -0.15) is 0 Å². The summed E-state index contributed by atoms with van der Waals surface area (Å²) in [5, 5.41) is 50.3. The van der Waals surface area contributed by atoms with E-state index >= 15 is 0 Å². The zero-order valence-electron chi connectivity index (χ0n) is 10.3. The SMILES string of the molecule is C=CCCC(=NO)S[C@H]1O[C@@H](CO)[C@H](O)[C@@H](O)[C@@H]1O. The lowest BCUT2D eigenvalue weighted by Crippen LogP contribution is -2.57. The lowest BCUT2D eigenvalue weighted by molar-refractivity contribution is -0.205. The van der Waals surface area contributed by atoms with Crippen LogP contribution in [0.4, 0.5) is 0 Å². The highest BCUT2D eigenvalue weighted by Gasteiger charge is 2.44. The Morgan fingerprint density at radius 3 is 2.47 bits per heavy atom. The van der Waals surface area contributed by atoms with E-state index in [-0.39, 0.29) is 0 Å². The molecule has 8 heteroatoms. The molecule has 0 aromatic carbocycles. The normalized spacial score (nSPS) is 36.2. The summed E-state index contributed by atoms with van der Waals surface area (Å²) in [6.45, 7) is 3.06. The van der Waals surface area contributed by atoms with Crippen LogP contribution in [0.15, 0.2) is 17.8 Å². The molecule has 110 valence electrons. The second kappa shape index (κ2) is 7.83. The van der Waals surface area contributed by atoms with E-state index in [4.69, 9.17) is 15.1 Å². The molecular weight excluding hydrogens is 274 g/mol. The van der Waals surface area contributed by atoms with E-state index in [2.05, 4.69) is 11.7 Å². The molecule has 0 aliphatic carbocycles. The maximum absolute atomic E-state index is 9.80. The van der Waals surface area contributed by atoms with Gasteiger partial charge >= 0.3 is 0 Å². The summed E-state index contributed by atoms with van der Waals surface area (Å²) in [5.41, 5.74) is -0.925. The molecule has 7 nitrogen and oxygen atoms in total. The fourth-order valence-corrected chi connectivity index (χ4v) is 2.71. The zero-order valence-corrected chi connectivity index (χ0v) is 11.1. The summed E-state index contributed by atoms with van der Waals surface area (Å²) < 4.78 is 5.28. The van der Waals surface area contributed by atoms with Crippen LogP contribution in [0.25, 0.3) is 0 Å². The first-order chi connectivity index (χ1) is 9.04. The molecule has 0 spiro atoms. The number of thioether (sulfide) groups is 1. The quantitative estimate of drug-likeness (QED) is 0.149. The van der Waals surface area contributed by atoms with Gasteiger partial charge in [-0.15, -0.1) is 6.58 Å². The molecule has 0 bridgehead atoms. The predicted octanol–water partition coefficient (Wildman–Crippen LogP) is -0.727. The number of aliphatic hydroxyl groups excluding tert-OH is 4. The molecule has 0 saturated carbocycles. The predicted molar refractivity (Wildman–Crippen MR) is 70.0 cm³/mol. The Bertz CT molecular complexity index is 324. The number of allylic oxidation sites excluding steroid dienone is 1. The molecule has 5 atom stereocenters. The van der Waals surface area contributed by atoms with Gasteiger partial charge in [-0.25, -0.2) is 0 Å². The van der Waals surface area contributed by atoms with Crippen molar-refractivity contribution < 1.29 is 30.4 Å². The van der Waals surface area contributed by atoms with Crippen LogP contribution in [0.1, 0.15) is 12.8 Å². The molecule has 1 heterocycles. The summed E-state index contributed by atoms with van der Waals surface area (Å²) in [5.74, 6) is 0. The molecule has 0 aromatic rings. The Labute approximate surface area is 115 Å². The molecule has 1 fully saturated rings. The number of oxime groups is 1. The van der Waals surface area contributed by atoms with Gasteiger partial charge in [0, 0.05) is 6.42 Å². The topological polar surface area (TPSA) is 123 Å². The Balaban J connectivity index is 2.67. The van der Waals surface area contributed by atoms with E-state index in [1.165, 1.54) is 0 Å². The van der Waals surface area contributed by atoms with Crippen molar-refractivity contribution in [2.75, 3.05) is 6.61 Å². The lowest BCUT2D eigenvalue weighted by atomic mass is 10.0. The summed E-state index contributed by atoms with van der Waals surface area (Å²) >= 11 is 0.936. The molecule has 0 aromatic heterocycles. The van der Waals surface area contributed by atoms with E-state index in [9.17, 15) is 15.3 Å². The van der Waals surface area contributed by atoms with Crippen LogP contribution in [-0.4, -0.2) is 67.1 Å². The highest BCUT2D eigenvalue weighted by molar-refractivity contribution is 8.14. The third-order valence-corrected chi connectivity index (χ3v) is 3.95. The molecular formula is C11H19NO6S. The van der Waals surface area contributed by atoms with Crippen molar-refractivity contribution in [2.24, 2.45) is 5.16 Å². The Morgan fingerprint density at radius 1 is 1.26 bits per heavy atom. The molecule has 0 amide bonds. The molecule has 1 aliphatic rings. The van der Waals surface area contributed by atoms with E-state index in [1.807, 2.05) is 0 Å².